The monoisotopic (exact) mass is 237 g/mol. The zero-order valence-corrected chi connectivity index (χ0v) is 10.5. The summed E-state index contributed by atoms with van der Waals surface area (Å²) in [6, 6.07) is 20.0. The van der Waals surface area contributed by atoms with Crippen LogP contribution in [0, 0.1) is 0 Å². The topological polar surface area (TPSA) is 9.23 Å². The summed E-state index contributed by atoms with van der Waals surface area (Å²) in [5, 5.41) is -0.676. The minimum Gasteiger partial charge on any atom is -0.491 e. The van der Waals surface area contributed by atoms with E-state index in [4.69, 9.17) is 4.74 Å². The fourth-order valence-electron chi connectivity index (χ4n) is 1.77. The first-order chi connectivity index (χ1) is 8.27. The molecule has 0 heterocycles. The van der Waals surface area contributed by atoms with Crippen molar-refractivity contribution in [2.45, 2.75) is 5.22 Å². The van der Waals surface area contributed by atoms with E-state index >= 15 is 0 Å². The van der Waals surface area contributed by atoms with Gasteiger partial charge in [-0.05, 0) is 11.1 Å². The second kappa shape index (κ2) is 5.02. The van der Waals surface area contributed by atoms with Crippen molar-refractivity contribution in [2.75, 3.05) is 0 Å². The molecule has 2 rings (SSSR count). The van der Waals surface area contributed by atoms with Gasteiger partial charge in [0.1, 0.15) is 15.5 Å². The average Bonchev–Trinajstić information content (AvgIpc) is 2.41. The quantitative estimate of drug-likeness (QED) is 0.586. The number of benzene rings is 2. The van der Waals surface area contributed by atoms with Crippen LogP contribution in [-0.2, 0) is 9.96 Å². The van der Waals surface area contributed by atoms with Crippen molar-refractivity contribution < 1.29 is 4.74 Å². The fraction of sp³-hybridized carbons (Fsp3) is 0.0667. The van der Waals surface area contributed by atoms with Crippen molar-refractivity contribution in [1.29, 1.82) is 0 Å². The fourth-order valence-corrected chi connectivity index (χ4v) is 2.19. The summed E-state index contributed by atoms with van der Waals surface area (Å²) in [5.74, 6) is 0. The van der Waals surface area contributed by atoms with Gasteiger partial charge in [-0.1, -0.05) is 67.2 Å². The Morgan fingerprint density at radius 1 is 0.882 bits per heavy atom. The molecule has 0 bridgehead atoms. The van der Waals surface area contributed by atoms with E-state index in [-0.39, 0.29) is 0 Å². The second-order valence-corrected chi connectivity index (χ2v) is 4.40. The highest BCUT2D eigenvalue weighted by atomic mass is 28.1. The SMILES string of the molecule is C=COC([Si])(c1ccccc1)c1ccccc1. The highest BCUT2D eigenvalue weighted by molar-refractivity contribution is 6.17. The summed E-state index contributed by atoms with van der Waals surface area (Å²) in [6.45, 7) is 3.64. The zero-order valence-electron chi connectivity index (χ0n) is 9.47. The molecule has 0 saturated heterocycles. The van der Waals surface area contributed by atoms with E-state index in [1.165, 1.54) is 6.26 Å². The van der Waals surface area contributed by atoms with Crippen molar-refractivity contribution in [3.8, 4) is 0 Å². The lowest BCUT2D eigenvalue weighted by Gasteiger charge is -2.30. The lowest BCUT2D eigenvalue weighted by atomic mass is 10.0. The molecule has 0 saturated carbocycles. The van der Waals surface area contributed by atoms with Gasteiger partial charge < -0.3 is 4.74 Å². The summed E-state index contributed by atoms with van der Waals surface area (Å²) in [4.78, 5) is 0. The van der Waals surface area contributed by atoms with E-state index < -0.39 is 5.22 Å². The predicted molar refractivity (Wildman–Crippen MR) is 70.7 cm³/mol. The Balaban J connectivity index is 2.50. The van der Waals surface area contributed by atoms with Crippen LogP contribution < -0.4 is 0 Å². The predicted octanol–water partition coefficient (Wildman–Crippen LogP) is 3.22. The molecule has 17 heavy (non-hydrogen) atoms. The van der Waals surface area contributed by atoms with Crippen molar-refractivity contribution in [1.82, 2.24) is 0 Å². The number of rotatable bonds is 4. The third kappa shape index (κ3) is 2.32. The molecule has 2 aromatic rings. The number of ether oxygens (including phenoxy) is 1. The zero-order chi connectivity index (χ0) is 12.1. The Morgan fingerprint density at radius 2 is 1.29 bits per heavy atom. The van der Waals surface area contributed by atoms with E-state index in [1.54, 1.807) is 0 Å². The minimum absolute atomic E-state index is 0.676. The van der Waals surface area contributed by atoms with Crippen molar-refractivity contribution in [3.05, 3.63) is 84.6 Å². The first-order valence-corrected chi connectivity index (χ1v) is 5.92. The van der Waals surface area contributed by atoms with E-state index in [2.05, 4.69) is 16.8 Å². The summed E-state index contributed by atoms with van der Waals surface area (Å²) in [6.07, 6.45) is 1.45. The normalized spacial score (nSPS) is 10.9. The van der Waals surface area contributed by atoms with Crippen LogP contribution in [0.15, 0.2) is 73.5 Å². The van der Waals surface area contributed by atoms with Crippen molar-refractivity contribution >= 4 is 10.2 Å². The van der Waals surface area contributed by atoms with Crippen LogP contribution in [-0.4, -0.2) is 10.2 Å². The van der Waals surface area contributed by atoms with Gasteiger partial charge in [0.05, 0.1) is 6.26 Å². The first-order valence-electron chi connectivity index (χ1n) is 5.42. The lowest BCUT2D eigenvalue weighted by molar-refractivity contribution is 0.140. The third-order valence-corrected chi connectivity index (χ3v) is 3.32. The maximum absolute atomic E-state index is 5.68. The molecular weight excluding hydrogens is 224 g/mol. The molecule has 0 aliphatic heterocycles. The third-order valence-electron chi connectivity index (χ3n) is 2.62. The smallest absolute Gasteiger partial charge is 0.136 e. The van der Waals surface area contributed by atoms with E-state index in [1.807, 2.05) is 60.7 Å². The standard InChI is InChI=1S/C15H13OSi/c1-2-16-15(17,13-9-5-3-6-10-13)14-11-7-4-8-12-14/h2-12H,1H2. The molecule has 2 heteroatoms. The van der Waals surface area contributed by atoms with Gasteiger partial charge in [0.25, 0.3) is 0 Å². The summed E-state index contributed by atoms with van der Waals surface area (Å²) >= 11 is 0. The Hall–Kier alpha value is -1.80. The number of hydrogen-bond donors (Lipinski definition) is 0. The van der Waals surface area contributed by atoms with Gasteiger partial charge >= 0.3 is 0 Å². The van der Waals surface area contributed by atoms with Crippen LogP contribution >= 0.6 is 0 Å². The Kier molecular flexibility index (Phi) is 3.45. The maximum Gasteiger partial charge on any atom is 0.136 e. The molecule has 1 nitrogen and oxygen atoms in total. The molecule has 0 atom stereocenters. The van der Waals surface area contributed by atoms with Crippen LogP contribution in [0.1, 0.15) is 11.1 Å². The largest absolute Gasteiger partial charge is 0.491 e. The highest BCUT2D eigenvalue weighted by Gasteiger charge is 2.29. The van der Waals surface area contributed by atoms with E-state index in [9.17, 15) is 0 Å². The molecular formula is C15H13OSi. The van der Waals surface area contributed by atoms with E-state index in [0.29, 0.717) is 0 Å². The molecule has 0 unspecified atom stereocenters. The first kappa shape index (κ1) is 11.7. The Labute approximate surface area is 105 Å². The average molecular weight is 237 g/mol. The lowest BCUT2D eigenvalue weighted by Crippen LogP contribution is -2.29. The van der Waals surface area contributed by atoms with Crippen LogP contribution in [0.4, 0.5) is 0 Å². The Bertz CT molecular complexity index is 439. The van der Waals surface area contributed by atoms with Crippen molar-refractivity contribution in [2.24, 2.45) is 0 Å². The minimum atomic E-state index is -0.676. The molecule has 0 aliphatic rings. The molecule has 0 amide bonds. The summed E-state index contributed by atoms with van der Waals surface area (Å²) in [7, 11) is 3.73. The molecule has 0 N–H and O–H groups in total. The molecule has 0 aliphatic carbocycles. The van der Waals surface area contributed by atoms with Crippen LogP contribution in [0.5, 0.6) is 0 Å². The molecule has 0 fully saturated rings. The Morgan fingerprint density at radius 3 is 1.65 bits per heavy atom. The van der Waals surface area contributed by atoms with Gasteiger partial charge in [-0.15, -0.1) is 0 Å². The summed E-state index contributed by atoms with van der Waals surface area (Å²) in [5.41, 5.74) is 2.06. The summed E-state index contributed by atoms with van der Waals surface area (Å²) < 4.78 is 5.68. The molecule has 3 radical (unpaired) electrons. The van der Waals surface area contributed by atoms with Gasteiger partial charge in [0, 0.05) is 0 Å². The van der Waals surface area contributed by atoms with Crippen LogP contribution in [0.3, 0.4) is 0 Å². The second-order valence-electron chi connectivity index (χ2n) is 3.70. The molecule has 2 aromatic carbocycles. The van der Waals surface area contributed by atoms with Crippen LogP contribution in [0.25, 0.3) is 0 Å². The van der Waals surface area contributed by atoms with E-state index in [0.717, 1.165) is 11.1 Å². The van der Waals surface area contributed by atoms with Gasteiger partial charge in [-0.2, -0.15) is 0 Å². The molecule has 0 spiro atoms. The molecule has 0 aromatic heterocycles. The highest BCUT2D eigenvalue weighted by Crippen LogP contribution is 2.30. The van der Waals surface area contributed by atoms with Gasteiger partial charge in [-0.3, -0.25) is 0 Å². The van der Waals surface area contributed by atoms with Gasteiger partial charge in [-0.25, -0.2) is 0 Å². The maximum atomic E-state index is 5.68. The molecule has 83 valence electrons. The van der Waals surface area contributed by atoms with Crippen LogP contribution in [0.2, 0.25) is 0 Å². The van der Waals surface area contributed by atoms with Gasteiger partial charge in [0.15, 0.2) is 0 Å². The van der Waals surface area contributed by atoms with Crippen molar-refractivity contribution in [3.63, 3.8) is 0 Å². The van der Waals surface area contributed by atoms with Gasteiger partial charge in [0.2, 0.25) is 0 Å². The number of hydrogen-bond acceptors (Lipinski definition) is 1.